The van der Waals surface area contributed by atoms with Crippen molar-refractivity contribution in [3.8, 4) is 5.75 Å². The monoisotopic (exact) mass is 544 g/mol. The normalized spacial score (nSPS) is 16.9. The van der Waals surface area contributed by atoms with Crippen molar-refractivity contribution in [1.82, 2.24) is 14.6 Å². The van der Waals surface area contributed by atoms with E-state index in [2.05, 4.69) is 0 Å². The van der Waals surface area contributed by atoms with E-state index in [9.17, 15) is 9.59 Å². The Hall–Kier alpha value is -3.43. The van der Waals surface area contributed by atoms with E-state index < -0.39 is 0 Å². The molecule has 6 rings (SSSR count). The van der Waals surface area contributed by atoms with Gasteiger partial charge in [0.25, 0.3) is 11.5 Å². The number of carbonyl (C=O) groups is 1. The Labute approximate surface area is 229 Å². The highest BCUT2D eigenvalue weighted by molar-refractivity contribution is 7.99. The van der Waals surface area contributed by atoms with Gasteiger partial charge < -0.3 is 4.74 Å². The number of amides is 1. The lowest BCUT2D eigenvalue weighted by atomic mass is 9.97. The molecule has 1 unspecified atom stereocenters. The van der Waals surface area contributed by atoms with Crippen molar-refractivity contribution in [3.63, 3.8) is 0 Å². The van der Waals surface area contributed by atoms with Crippen molar-refractivity contribution < 1.29 is 9.53 Å². The number of thioether (sulfide) groups is 1. The van der Waals surface area contributed by atoms with Crippen LogP contribution >= 0.6 is 23.1 Å². The minimum Gasteiger partial charge on any atom is -0.497 e. The Bertz CT molecular complexity index is 1590. The average molecular weight is 545 g/mol. The third-order valence-electron chi connectivity index (χ3n) is 7.25. The number of nitrogens with zero attached hydrogens (tertiary/aromatic N) is 4. The molecule has 0 saturated carbocycles. The number of benzene rings is 2. The zero-order valence-corrected chi connectivity index (χ0v) is 23.0. The lowest BCUT2D eigenvalue weighted by Gasteiger charge is -2.22. The fourth-order valence-electron chi connectivity index (χ4n) is 5.22. The van der Waals surface area contributed by atoms with E-state index in [1.54, 1.807) is 35.1 Å². The maximum atomic E-state index is 13.6. The predicted octanol–water partition coefficient (Wildman–Crippen LogP) is 5.35. The molecule has 0 fully saturated rings. The molecule has 2 aliphatic rings. The Balaban J connectivity index is 1.27. The minimum atomic E-state index is -0.215. The number of aromatic nitrogens is 2. The molecule has 194 valence electrons. The van der Waals surface area contributed by atoms with Crippen LogP contribution in [0, 0.1) is 0 Å². The average Bonchev–Trinajstić information content (AvgIpc) is 3.57. The fraction of sp³-hybridized carbons (Fsp3) is 0.310. The van der Waals surface area contributed by atoms with Gasteiger partial charge in [-0.25, -0.2) is 9.99 Å². The second-order valence-electron chi connectivity index (χ2n) is 9.58. The van der Waals surface area contributed by atoms with Gasteiger partial charge in [0.15, 0.2) is 5.16 Å². The van der Waals surface area contributed by atoms with E-state index in [0.717, 1.165) is 58.5 Å². The molecule has 0 N–H and O–H groups in total. The summed E-state index contributed by atoms with van der Waals surface area (Å²) in [6.07, 6.45) is 4.86. The molecule has 7 nitrogen and oxygen atoms in total. The second kappa shape index (κ2) is 10.4. The van der Waals surface area contributed by atoms with Crippen LogP contribution in [-0.4, -0.2) is 39.0 Å². The van der Waals surface area contributed by atoms with Gasteiger partial charge in [0.2, 0.25) is 0 Å². The number of aryl methyl sites for hydroxylation is 2. The molecule has 0 saturated heterocycles. The van der Waals surface area contributed by atoms with Crippen LogP contribution in [-0.2, 0) is 24.7 Å². The van der Waals surface area contributed by atoms with Crippen LogP contribution in [0.3, 0.4) is 0 Å². The molecule has 0 radical (unpaired) electrons. The molecule has 2 aromatic carbocycles. The van der Waals surface area contributed by atoms with E-state index in [1.807, 2.05) is 54.6 Å². The first-order chi connectivity index (χ1) is 18.5. The molecule has 1 atom stereocenters. The quantitative estimate of drug-likeness (QED) is 0.242. The van der Waals surface area contributed by atoms with Crippen molar-refractivity contribution in [3.05, 3.63) is 86.5 Å². The number of hydrogen-bond acceptors (Lipinski definition) is 7. The van der Waals surface area contributed by atoms with Crippen molar-refractivity contribution >= 4 is 44.9 Å². The van der Waals surface area contributed by atoms with Crippen LogP contribution < -0.4 is 10.3 Å². The van der Waals surface area contributed by atoms with Crippen molar-refractivity contribution in [2.45, 2.75) is 43.3 Å². The van der Waals surface area contributed by atoms with Gasteiger partial charge in [-0.3, -0.25) is 14.2 Å². The lowest BCUT2D eigenvalue weighted by Crippen LogP contribution is -2.29. The van der Waals surface area contributed by atoms with Gasteiger partial charge in [-0.05, 0) is 54.5 Å². The van der Waals surface area contributed by atoms with Crippen molar-refractivity contribution in [2.75, 3.05) is 12.9 Å². The van der Waals surface area contributed by atoms with Gasteiger partial charge >= 0.3 is 0 Å². The number of methoxy groups -OCH3 is 1. The third kappa shape index (κ3) is 4.54. The van der Waals surface area contributed by atoms with Gasteiger partial charge in [0.1, 0.15) is 10.6 Å². The fourth-order valence-corrected chi connectivity index (χ4v) is 7.35. The highest BCUT2D eigenvalue weighted by Crippen LogP contribution is 2.36. The first-order valence-corrected chi connectivity index (χ1v) is 14.6. The van der Waals surface area contributed by atoms with Crippen LogP contribution in [0.1, 0.15) is 46.9 Å². The topological polar surface area (TPSA) is 76.8 Å². The highest BCUT2D eigenvalue weighted by atomic mass is 32.2. The standard InChI is InChI=1S/C29H28N4O3S2/c1-32-28(35)26-21-10-6-7-11-24(21)38-27(26)30-29(32)37-17-25(34)33-23(19-12-14-20(36-2)15-13-19)16-22(31-33)18-8-4-3-5-9-18/h3-5,8-9,12-15,23H,6-7,10-11,16-17H2,1-2H3. The molecule has 3 heterocycles. The van der Waals surface area contributed by atoms with Crippen molar-refractivity contribution in [1.29, 1.82) is 0 Å². The van der Waals surface area contributed by atoms with Crippen molar-refractivity contribution in [2.24, 2.45) is 12.1 Å². The van der Waals surface area contributed by atoms with E-state index >= 15 is 0 Å². The summed E-state index contributed by atoms with van der Waals surface area (Å²) in [4.78, 5) is 33.7. The molecule has 1 amide bonds. The lowest BCUT2D eigenvalue weighted by molar-refractivity contribution is -0.130. The van der Waals surface area contributed by atoms with Crippen LogP contribution in [0.2, 0.25) is 0 Å². The first kappa shape index (κ1) is 24.9. The second-order valence-corrected chi connectivity index (χ2v) is 11.6. The number of rotatable bonds is 6. The molecule has 0 spiro atoms. The maximum Gasteiger partial charge on any atom is 0.262 e. The van der Waals surface area contributed by atoms with Gasteiger partial charge in [-0.15, -0.1) is 11.3 Å². The summed E-state index contributed by atoms with van der Waals surface area (Å²) < 4.78 is 6.90. The summed E-state index contributed by atoms with van der Waals surface area (Å²) in [5.41, 5.74) is 4.03. The Morgan fingerprint density at radius 1 is 1.11 bits per heavy atom. The number of carbonyl (C=O) groups excluding carboxylic acids is 1. The van der Waals surface area contributed by atoms with Gasteiger partial charge in [0.05, 0.1) is 30.0 Å². The summed E-state index contributed by atoms with van der Waals surface area (Å²) in [6, 6.07) is 17.5. The molecule has 1 aliphatic heterocycles. The summed E-state index contributed by atoms with van der Waals surface area (Å²) in [5, 5.41) is 7.69. The Kier molecular flexibility index (Phi) is 6.80. The zero-order valence-electron chi connectivity index (χ0n) is 21.3. The summed E-state index contributed by atoms with van der Waals surface area (Å²) in [6.45, 7) is 0. The molecule has 0 bridgehead atoms. The van der Waals surface area contributed by atoms with Crippen LogP contribution in [0.25, 0.3) is 10.2 Å². The van der Waals surface area contributed by atoms with E-state index in [4.69, 9.17) is 14.8 Å². The summed E-state index contributed by atoms with van der Waals surface area (Å²) in [5.74, 6) is 0.776. The molecule has 4 aromatic rings. The largest absolute Gasteiger partial charge is 0.497 e. The number of ether oxygens (including phenoxy) is 1. The predicted molar refractivity (Wildman–Crippen MR) is 152 cm³/mol. The van der Waals surface area contributed by atoms with E-state index in [-0.39, 0.29) is 23.3 Å². The Morgan fingerprint density at radius 2 is 1.87 bits per heavy atom. The number of hydrazone groups is 1. The molecular formula is C29H28N4O3S2. The molecule has 9 heteroatoms. The van der Waals surface area contributed by atoms with Gasteiger partial charge in [-0.2, -0.15) is 5.10 Å². The van der Waals surface area contributed by atoms with E-state index in [0.29, 0.717) is 11.6 Å². The maximum absolute atomic E-state index is 13.6. The van der Waals surface area contributed by atoms with E-state index in [1.165, 1.54) is 22.2 Å². The number of hydrogen-bond donors (Lipinski definition) is 0. The SMILES string of the molecule is COc1ccc(C2CC(c3ccccc3)=NN2C(=O)CSc2nc3sc4c(c3c(=O)n2C)CCCC4)cc1. The third-order valence-corrected chi connectivity index (χ3v) is 9.45. The first-order valence-electron chi connectivity index (χ1n) is 12.8. The molecular weight excluding hydrogens is 516 g/mol. The minimum absolute atomic E-state index is 0.0222. The van der Waals surface area contributed by atoms with Gasteiger partial charge in [0, 0.05) is 18.3 Å². The zero-order chi connectivity index (χ0) is 26.2. The Morgan fingerprint density at radius 3 is 2.63 bits per heavy atom. The van der Waals surface area contributed by atoms with Gasteiger partial charge in [-0.1, -0.05) is 54.2 Å². The number of thiophene rings is 1. The molecule has 1 aliphatic carbocycles. The molecule has 38 heavy (non-hydrogen) atoms. The summed E-state index contributed by atoms with van der Waals surface area (Å²) >= 11 is 2.92. The van der Waals surface area contributed by atoms with Crippen LogP contribution in [0.5, 0.6) is 5.75 Å². The smallest absolute Gasteiger partial charge is 0.262 e. The highest BCUT2D eigenvalue weighted by Gasteiger charge is 2.33. The molecule has 2 aromatic heterocycles. The number of fused-ring (bicyclic) bond motifs is 3. The van der Waals surface area contributed by atoms with Crippen LogP contribution in [0.15, 0.2) is 69.6 Å². The van der Waals surface area contributed by atoms with Crippen LogP contribution in [0.4, 0.5) is 0 Å². The summed E-state index contributed by atoms with van der Waals surface area (Å²) in [7, 11) is 3.38.